The van der Waals surface area contributed by atoms with Crippen molar-refractivity contribution < 1.29 is 24.5 Å². The number of ether oxygens (including phenoxy) is 1. The van der Waals surface area contributed by atoms with Crippen molar-refractivity contribution in [1.29, 1.82) is 0 Å². The number of nitrogens with one attached hydrogen (secondary N) is 1. The average molecular weight is 192 g/mol. The van der Waals surface area contributed by atoms with E-state index in [2.05, 4.69) is 10.1 Å². The van der Waals surface area contributed by atoms with Gasteiger partial charge in [0, 0.05) is 0 Å². The molecule has 0 aliphatic carbocycles. The number of carbonyl (C=O) groups excluding carboxylic acids is 2. The predicted molar refractivity (Wildman–Crippen MR) is 41.6 cm³/mol. The topological polar surface area (TPSA) is 122 Å². The van der Waals surface area contributed by atoms with Crippen LogP contribution in [-0.2, 0) is 9.53 Å². The maximum atomic E-state index is 10.6. The van der Waals surface area contributed by atoms with Crippen molar-refractivity contribution in [2.75, 3.05) is 19.8 Å². The van der Waals surface area contributed by atoms with Crippen LogP contribution in [0.15, 0.2) is 0 Å². The lowest BCUT2D eigenvalue weighted by molar-refractivity contribution is -0.125. The Kier molecular flexibility index (Phi) is 5.57. The van der Waals surface area contributed by atoms with Crippen molar-refractivity contribution in [3.05, 3.63) is 0 Å². The Morgan fingerprint density at radius 1 is 1.54 bits per heavy atom. The number of amides is 2. The highest BCUT2D eigenvalue weighted by Gasteiger charge is 2.12. The highest BCUT2D eigenvalue weighted by molar-refractivity contribution is 5.79. The van der Waals surface area contributed by atoms with Crippen molar-refractivity contribution >= 4 is 12.0 Å². The minimum absolute atomic E-state index is 0.140. The van der Waals surface area contributed by atoms with Crippen LogP contribution in [-0.4, -0.2) is 48.1 Å². The van der Waals surface area contributed by atoms with Crippen LogP contribution in [0.4, 0.5) is 4.79 Å². The van der Waals surface area contributed by atoms with Crippen LogP contribution in [0.1, 0.15) is 0 Å². The molecule has 0 rings (SSSR count). The predicted octanol–water partition coefficient (Wildman–Crippen LogP) is -2.45. The maximum absolute atomic E-state index is 10.6. The van der Waals surface area contributed by atoms with Gasteiger partial charge in [0.2, 0.25) is 5.91 Å². The zero-order valence-electron chi connectivity index (χ0n) is 6.90. The zero-order chi connectivity index (χ0) is 10.3. The van der Waals surface area contributed by atoms with E-state index in [0.717, 1.165) is 0 Å². The van der Waals surface area contributed by atoms with Gasteiger partial charge in [-0.2, -0.15) is 0 Å². The quantitative estimate of drug-likeness (QED) is 0.385. The van der Waals surface area contributed by atoms with Gasteiger partial charge in [0.1, 0.15) is 12.7 Å². The van der Waals surface area contributed by atoms with Gasteiger partial charge in [0.25, 0.3) is 0 Å². The summed E-state index contributed by atoms with van der Waals surface area (Å²) in [7, 11) is 0. The third-order valence-electron chi connectivity index (χ3n) is 1.09. The van der Waals surface area contributed by atoms with E-state index in [4.69, 9.17) is 15.9 Å². The Bertz CT molecular complexity index is 184. The number of hydrogen-bond acceptors (Lipinski definition) is 5. The van der Waals surface area contributed by atoms with E-state index < -0.39 is 18.1 Å². The van der Waals surface area contributed by atoms with Gasteiger partial charge in [0.05, 0.1) is 13.2 Å². The van der Waals surface area contributed by atoms with E-state index in [1.54, 1.807) is 0 Å². The molecule has 0 aromatic carbocycles. The molecule has 0 aromatic rings. The third kappa shape index (κ3) is 5.88. The Balaban J connectivity index is 3.52. The summed E-state index contributed by atoms with van der Waals surface area (Å²) in [5, 5.41) is 19.1. The Hall–Kier alpha value is -1.34. The molecule has 76 valence electrons. The second-order valence-corrected chi connectivity index (χ2v) is 2.16. The molecule has 1 unspecified atom stereocenters. The lowest BCUT2D eigenvalue weighted by Crippen LogP contribution is -2.40. The standard InChI is InChI=1S/C6H12N2O5/c7-5(11)4(10)3-8-6(12)13-2-1-9/h4,9-10H,1-3H2,(H2,7,11)(H,8,12). The summed E-state index contributed by atoms with van der Waals surface area (Å²) in [4.78, 5) is 20.9. The summed E-state index contributed by atoms with van der Waals surface area (Å²) in [6.45, 7) is -0.732. The van der Waals surface area contributed by atoms with Crippen LogP contribution in [0.3, 0.4) is 0 Å². The Morgan fingerprint density at radius 3 is 2.62 bits per heavy atom. The van der Waals surface area contributed by atoms with Crippen molar-refractivity contribution in [3.63, 3.8) is 0 Å². The summed E-state index contributed by atoms with van der Waals surface area (Å²) in [6.07, 6.45) is -2.25. The summed E-state index contributed by atoms with van der Waals surface area (Å²) in [5.41, 5.74) is 4.70. The molecule has 7 nitrogen and oxygen atoms in total. The number of carbonyl (C=O) groups is 2. The first kappa shape index (κ1) is 11.7. The second kappa shape index (κ2) is 6.21. The molecule has 13 heavy (non-hydrogen) atoms. The first-order valence-electron chi connectivity index (χ1n) is 3.56. The largest absolute Gasteiger partial charge is 0.447 e. The van der Waals surface area contributed by atoms with Crippen LogP contribution >= 0.6 is 0 Å². The van der Waals surface area contributed by atoms with Gasteiger partial charge in [-0.05, 0) is 0 Å². The number of rotatable bonds is 5. The number of hydrogen-bond donors (Lipinski definition) is 4. The number of primary amides is 1. The lowest BCUT2D eigenvalue weighted by Gasteiger charge is -2.08. The fourth-order valence-corrected chi connectivity index (χ4v) is 0.470. The van der Waals surface area contributed by atoms with Crippen LogP contribution in [0.25, 0.3) is 0 Å². The molecule has 0 bridgehead atoms. The maximum Gasteiger partial charge on any atom is 0.407 e. The second-order valence-electron chi connectivity index (χ2n) is 2.16. The van der Waals surface area contributed by atoms with Crippen molar-refractivity contribution in [2.45, 2.75) is 6.10 Å². The molecule has 0 spiro atoms. The molecule has 5 N–H and O–H groups in total. The van der Waals surface area contributed by atoms with Gasteiger partial charge >= 0.3 is 6.09 Å². The monoisotopic (exact) mass is 192 g/mol. The van der Waals surface area contributed by atoms with Gasteiger partial charge < -0.3 is 26.0 Å². The van der Waals surface area contributed by atoms with Gasteiger partial charge in [-0.1, -0.05) is 0 Å². The van der Waals surface area contributed by atoms with Crippen molar-refractivity contribution in [3.8, 4) is 0 Å². The van der Waals surface area contributed by atoms with E-state index in [-0.39, 0.29) is 19.8 Å². The average Bonchev–Trinajstić information content (AvgIpc) is 2.10. The molecule has 0 aliphatic rings. The van der Waals surface area contributed by atoms with E-state index >= 15 is 0 Å². The molecule has 0 heterocycles. The molecule has 2 amide bonds. The van der Waals surface area contributed by atoms with Crippen LogP contribution in [0.2, 0.25) is 0 Å². The van der Waals surface area contributed by atoms with Crippen molar-refractivity contribution in [2.24, 2.45) is 5.73 Å². The molecule has 0 aromatic heterocycles. The normalized spacial score (nSPS) is 11.8. The molecule has 0 saturated heterocycles. The molecule has 1 atom stereocenters. The number of alkyl carbamates (subject to hydrolysis) is 1. The number of nitrogens with two attached hydrogens (primary N) is 1. The summed E-state index contributed by atoms with van der Waals surface area (Å²) in [5.74, 6) is -0.928. The molecule has 0 saturated carbocycles. The summed E-state index contributed by atoms with van der Waals surface area (Å²) < 4.78 is 4.36. The van der Waals surface area contributed by atoms with E-state index in [9.17, 15) is 9.59 Å². The highest BCUT2D eigenvalue weighted by Crippen LogP contribution is 1.80. The van der Waals surface area contributed by atoms with E-state index in [1.807, 2.05) is 0 Å². The fraction of sp³-hybridized carbons (Fsp3) is 0.667. The zero-order valence-corrected chi connectivity index (χ0v) is 6.90. The van der Waals surface area contributed by atoms with Gasteiger partial charge in [-0.3, -0.25) is 4.79 Å². The fourth-order valence-electron chi connectivity index (χ4n) is 0.470. The summed E-state index contributed by atoms with van der Waals surface area (Å²) in [6, 6.07) is 0. The van der Waals surface area contributed by atoms with Crippen LogP contribution < -0.4 is 11.1 Å². The molecule has 0 fully saturated rings. The minimum atomic E-state index is -1.43. The van der Waals surface area contributed by atoms with Crippen LogP contribution in [0.5, 0.6) is 0 Å². The van der Waals surface area contributed by atoms with E-state index in [0.29, 0.717) is 0 Å². The molecular weight excluding hydrogens is 180 g/mol. The molecule has 0 aliphatic heterocycles. The Labute approximate surface area is 74.5 Å². The summed E-state index contributed by atoms with van der Waals surface area (Å²) >= 11 is 0. The lowest BCUT2D eigenvalue weighted by atomic mass is 10.3. The third-order valence-corrected chi connectivity index (χ3v) is 1.09. The SMILES string of the molecule is NC(=O)C(O)CNC(=O)OCCO. The highest BCUT2D eigenvalue weighted by atomic mass is 16.6. The van der Waals surface area contributed by atoms with Crippen molar-refractivity contribution in [1.82, 2.24) is 5.32 Å². The van der Waals surface area contributed by atoms with Crippen LogP contribution in [0, 0.1) is 0 Å². The molecule has 0 radical (unpaired) electrons. The smallest absolute Gasteiger partial charge is 0.407 e. The van der Waals surface area contributed by atoms with Gasteiger partial charge in [0.15, 0.2) is 0 Å². The minimum Gasteiger partial charge on any atom is -0.447 e. The van der Waals surface area contributed by atoms with Gasteiger partial charge in [-0.25, -0.2) is 4.79 Å². The number of aliphatic hydroxyl groups excluding tert-OH is 2. The first-order chi connectivity index (χ1) is 6.07. The first-order valence-corrected chi connectivity index (χ1v) is 3.56. The van der Waals surface area contributed by atoms with Gasteiger partial charge in [-0.15, -0.1) is 0 Å². The molecule has 7 heteroatoms. The molecular formula is C6H12N2O5. The Morgan fingerprint density at radius 2 is 2.15 bits per heavy atom. The van der Waals surface area contributed by atoms with E-state index in [1.165, 1.54) is 0 Å². The number of aliphatic hydroxyl groups is 2.